The fourth-order valence-electron chi connectivity index (χ4n) is 3.95. The highest BCUT2D eigenvalue weighted by Crippen LogP contribution is 2.36. The number of hydrogen-bond acceptors (Lipinski definition) is 4. The molecule has 0 aliphatic carbocycles. The van der Waals surface area contributed by atoms with Gasteiger partial charge in [0.05, 0.1) is 30.0 Å². The normalized spacial score (nSPS) is 11.1. The zero-order valence-corrected chi connectivity index (χ0v) is 17.8. The van der Waals surface area contributed by atoms with Crippen LogP contribution in [0.25, 0.3) is 44.2 Å². The fraction of sp³-hybridized carbons (Fsp3) is 0.111. The number of pyridine rings is 2. The Morgan fingerprint density at radius 3 is 2.19 bits per heavy atom. The summed E-state index contributed by atoms with van der Waals surface area (Å²) < 4.78 is 5.36. The molecule has 0 N–H and O–H groups in total. The molecule has 0 aliphatic heterocycles. The molecule has 4 heteroatoms. The number of benzene rings is 3. The molecule has 0 saturated carbocycles. The Morgan fingerprint density at radius 1 is 0.774 bits per heavy atom. The lowest BCUT2D eigenvalue weighted by Gasteiger charge is -2.15. The quantitative estimate of drug-likeness (QED) is 0.334. The molecule has 0 amide bonds. The Kier molecular flexibility index (Phi) is 4.75. The number of nitrogens with zero attached hydrogens (tertiary/aromatic N) is 3. The van der Waals surface area contributed by atoms with E-state index in [-0.39, 0.29) is 0 Å². The van der Waals surface area contributed by atoms with Gasteiger partial charge < -0.3 is 9.64 Å². The van der Waals surface area contributed by atoms with E-state index in [0.717, 1.165) is 55.6 Å². The van der Waals surface area contributed by atoms with Crippen LogP contribution < -0.4 is 9.64 Å². The van der Waals surface area contributed by atoms with Gasteiger partial charge in [0.2, 0.25) is 0 Å². The molecule has 0 atom stereocenters. The van der Waals surface area contributed by atoms with E-state index in [0.29, 0.717) is 0 Å². The predicted molar refractivity (Wildman–Crippen MR) is 129 cm³/mol. The lowest BCUT2D eigenvalue weighted by atomic mass is 9.96. The molecule has 0 fully saturated rings. The number of fused-ring (bicyclic) bond motifs is 3. The molecule has 5 rings (SSSR count). The second kappa shape index (κ2) is 7.73. The SMILES string of the molecule is COc1ccc(-c2cc(-c3ccc(N(C)C)cc3)nc3cnc4ccccc4c23)cc1. The zero-order valence-electron chi connectivity index (χ0n) is 17.8. The standard InChI is InChI=1S/C27H23N3O/c1-30(2)20-12-8-19(9-13-20)25-16-23(18-10-14-21(31-3)15-11-18)27-22-6-4-5-7-24(22)28-17-26(27)29-25/h4-17H,1-3H3. The van der Waals surface area contributed by atoms with Gasteiger partial charge in [0.1, 0.15) is 5.75 Å². The third-order valence-corrected chi connectivity index (χ3v) is 5.63. The highest BCUT2D eigenvalue weighted by molar-refractivity contribution is 6.12. The van der Waals surface area contributed by atoms with Gasteiger partial charge in [-0.1, -0.05) is 42.5 Å². The third kappa shape index (κ3) is 3.46. The van der Waals surface area contributed by atoms with E-state index in [1.54, 1.807) is 7.11 Å². The van der Waals surface area contributed by atoms with Gasteiger partial charge in [0, 0.05) is 36.1 Å². The highest BCUT2D eigenvalue weighted by atomic mass is 16.5. The van der Waals surface area contributed by atoms with Crippen LogP contribution in [0.1, 0.15) is 0 Å². The maximum Gasteiger partial charge on any atom is 0.118 e. The van der Waals surface area contributed by atoms with Crippen molar-refractivity contribution in [2.24, 2.45) is 0 Å². The summed E-state index contributed by atoms with van der Waals surface area (Å²) in [6.45, 7) is 0. The molecule has 31 heavy (non-hydrogen) atoms. The molecule has 0 radical (unpaired) electrons. The van der Waals surface area contributed by atoms with Crippen LogP contribution in [0, 0.1) is 0 Å². The average molecular weight is 406 g/mol. The van der Waals surface area contributed by atoms with Gasteiger partial charge in [0.25, 0.3) is 0 Å². The topological polar surface area (TPSA) is 38.2 Å². The van der Waals surface area contributed by atoms with E-state index < -0.39 is 0 Å². The summed E-state index contributed by atoms with van der Waals surface area (Å²) in [6, 6.07) is 27.1. The number of aromatic nitrogens is 2. The molecular formula is C27H23N3O. The lowest BCUT2D eigenvalue weighted by Crippen LogP contribution is -2.07. The molecule has 0 aliphatic rings. The first-order valence-electron chi connectivity index (χ1n) is 10.2. The molecule has 0 unspecified atom stereocenters. The molecule has 0 bridgehead atoms. The highest BCUT2D eigenvalue weighted by Gasteiger charge is 2.13. The predicted octanol–water partition coefficient (Wildman–Crippen LogP) is 6.19. The molecule has 0 saturated heterocycles. The van der Waals surface area contributed by atoms with E-state index in [1.807, 2.05) is 44.6 Å². The van der Waals surface area contributed by atoms with Gasteiger partial charge in [-0.25, -0.2) is 4.98 Å². The summed E-state index contributed by atoms with van der Waals surface area (Å²) >= 11 is 0. The van der Waals surface area contributed by atoms with Crippen LogP contribution in [-0.4, -0.2) is 31.2 Å². The lowest BCUT2D eigenvalue weighted by molar-refractivity contribution is 0.415. The monoisotopic (exact) mass is 405 g/mol. The molecule has 2 aromatic heterocycles. The van der Waals surface area contributed by atoms with Crippen LogP contribution >= 0.6 is 0 Å². The largest absolute Gasteiger partial charge is 0.497 e. The van der Waals surface area contributed by atoms with Gasteiger partial charge in [-0.3, -0.25) is 4.98 Å². The fourth-order valence-corrected chi connectivity index (χ4v) is 3.95. The minimum Gasteiger partial charge on any atom is -0.497 e. The van der Waals surface area contributed by atoms with Crippen LogP contribution in [0.15, 0.2) is 85.1 Å². The molecular weight excluding hydrogens is 382 g/mol. The average Bonchev–Trinajstić information content (AvgIpc) is 2.83. The number of hydrogen-bond donors (Lipinski definition) is 0. The Balaban J connectivity index is 1.78. The summed E-state index contributed by atoms with van der Waals surface area (Å²) in [6.07, 6.45) is 1.88. The van der Waals surface area contributed by atoms with Crippen molar-refractivity contribution < 1.29 is 4.74 Å². The molecule has 152 valence electrons. The van der Waals surface area contributed by atoms with E-state index in [9.17, 15) is 0 Å². The van der Waals surface area contributed by atoms with Crippen molar-refractivity contribution in [3.63, 3.8) is 0 Å². The Morgan fingerprint density at radius 2 is 1.48 bits per heavy atom. The number of methoxy groups -OCH3 is 1. The number of para-hydroxylation sites is 1. The van der Waals surface area contributed by atoms with Gasteiger partial charge >= 0.3 is 0 Å². The number of anilines is 1. The van der Waals surface area contributed by atoms with Crippen molar-refractivity contribution in [1.29, 1.82) is 0 Å². The first-order valence-corrected chi connectivity index (χ1v) is 10.2. The Labute approximate surface area is 181 Å². The third-order valence-electron chi connectivity index (χ3n) is 5.63. The van der Waals surface area contributed by atoms with Crippen LogP contribution in [0.3, 0.4) is 0 Å². The molecule has 2 heterocycles. The summed E-state index contributed by atoms with van der Waals surface area (Å²) in [5.74, 6) is 0.841. The first-order chi connectivity index (χ1) is 15.1. The maximum atomic E-state index is 5.36. The van der Waals surface area contributed by atoms with Crippen molar-refractivity contribution in [2.75, 3.05) is 26.1 Å². The minimum atomic E-state index is 0.841. The summed E-state index contributed by atoms with van der Waals surface area (Å²) in [7, 11) is 5.77. The zero-order chi connectivity index (χ0) is 21.4. The summed E-state index contributed by atoms with van der Waals surface area (Å²) in [5.41, 5.74) is 7.28. The Hall–Kier alpha value is -3.92. The summed E-state index contributed by atoms with van der Waals surface area (Å²) in [5, 5.41) is 2.22. The number of rotatable bonds is 4. The summed E-state index contributed by atoms with van der Waals surface area (Å²) in [4.78, 5) is 11.7. The van der Waals surface area contributed by atoms with Crippen molar-refractivity contribution >= 4 is 27.5 Å². The Bertz CT molecular complexity index is 1370. The number of ether oxygens (including phenoxy) is 1. The minimum absolute atomic E-state index is 0.841. The van der Waals surface area contributed by atoms with Gasteiger partial charge in [0.15, 0.2) is 0 Å². The van der Waals surface area contributed by atoms with Crippen molar-refractivity contribution in [2.45, 2.75) is 0 Å². The van der Waals surface area contributed by atoms with E-state index >= 15 is 0 Å². The van der Waals surface area contributed by atoms with Gasteiger partial charge in [-0.2, -0.15) is 0 Å². The molecule has 4 nitrogen and oxygen atoms in total. The van der Waals surface area contributed by atoms with Crippen LogP contribution in [0.2, 0.25) is 0 Å². The smallest absolute Gasteiger partial charge is 0.118 e. The first kappa shape index (κ1) is 19.1. The van der Waals surface area contributed by atoms with Gasteiger partial charge in [-0.15, -0.1) is 0 Å². The van der Waals surface area contributed by atoms with Crippen LogP contribution in [0.4, 0.5) is 5.69 Å². The van der Waals surface area contributed by atoms with Crippen LogP contribution in [-0.2, 0) is 0 Å². The second-order valence-electron chi connectivity index (χ2n) is 7.76. The van der Waals surface area contributed by atoms with Crippen LogP contribution in [0.5, 0.6) is 5.75 Å². The van der Waals surface area contributed by atoms with Crippen molar-refractivity contribution in [3.8, 4) is 28.1 Å². The van der Waals surface area contributed by atoms with E-state index in [4.69, 9.17) is 9.72 Å². The van der Waals surface area contributed by atoms with E-state index in [2.05, 4.69) is 64.5 Å². The van der Waals surface area contributed by atoms with E-state index in [1.165, 1.54) is 0 Å². The molecule has 3 aromatic carbocycles. The second-order valence-corrected chi connectivity index (χ2v) is 7.76. The van der Waals surface area contributed by atoms with Gasteiger partial charge in [-0.05, 0) is 47.5 Å². The molecule has 0 spiro atoms. The van der Waals surface area contributed by atoms with Crippen molar-refractivity contribution in [3.05, 3.63) is 85.1 Å². The maximum absolute atomic E-state index is 5.36. The van der Waals surface area contributed by atoms with Crippen molar-refractivity contribution in [1.82, 2.24) is 9.97 Å². The molecule has 5 aromatic rings.